The van der Waals surface area contributed by atoms with E-state index in [1.54, 1.807) is 48.5 Å². The van der Waals surface area contributed by atoms with Crippen molar-refractivity contribution >= 4 is 62.5 Å². The summed E-state index contributed by atoms with van der Waals surface area (Å²) in [5.41, 5.74) is 2.58. The van der Waals surface area contributed by atoms with Gasteiger partial charge in [-0.1, -0.05) is 37.3 Å². The summed E-state index contributed by atoms with van der Waals surface area (Å²) in [7, 11) is 0. The lowest BCUT2D eigenvalue weighted by Gasteiger charge is -2.15. The number of amides is 2. The minimum absolute atomic E-state index is 0.0659. The predicted molar refractivity (Wildman–Crippen MR) is 173 cm³/mol. The van der Waals surface area contributed by atoms with E-state index in [0.717, 1.165) is 21.9 Å². The highest BCUT2D eigenvalue weighted by Crippen LogP contribution is 2.31. The number of carbonyl (C=O) groups is 3. The molecular weight excluding hydrogens is 583 g/mol. The number of thioether (sulfide) groups is 1. The van der Waals surface area contributed by atoms with Crippen LogP contribution >= 0.6 is 23.1 Å². The monoisotopic (exact) mass is 611 g/mol. The normalized spacial score (nSPS) is 11.6. The Bertz CT molecular complexity index is 1780. The van der Waals surface area contributed by atoms with Gasteiger partial charge in [0.15, 0.2) is 5.13 Å². The number of anilines is 2. The quantitative estimate of drug-likeness (QED) is 0.130. The Kier molecular flexibility index (Phi) is 9.38. The fraction of sp³-hybridized carbons (Fsp3) is 0.152. The highest BCUT2D eigenvalue weighted by Gasteiger charge is 2.21. The van der Waals surface area contributed by atoms with E-state index in [1.807, 2.05) is 49.6 Å². The molecule has 43 heavy (non-hydrogen) atoms. The summed E-state index contributed by atoms with van der Waals surface area (Å²) >= 11 is 2.76. The van der Waals surface area contributed by atoms with Gasteiger partial charge in [0.05, 0.1) is 23.1 Å². The molecule has 8 nitrogen and oxygen atoms in total. The molecule has 10 heteroatoms. The van der Waals surface area contributed by atoms with E-state index in [9.17, 15) is 19.5 Å². The third kappa shape index (κ3) is 7.04. The van der Waals surface area contributed by atoms with Gasteiger partial charge < -0.3 is 20.5 Å². The number of hydrogen-bond donors (Lipinski definition) is 3. The van der Waals surface area contributed by atoms with Gasteiger partial charge in [0.2, 0.25) is 5.91 Å². The van der Waals surface area contributed by atoms with Gasteiger partial charge in [-0.05, 0) is 73.3 Å². The van der Waals surface area contributed by atoms with Crippen molar-refractivity contribution in [3.05, 3.63) is 101 Å². The van der Waals surface area contributed by atoms with Crippen molar-refractivity contribution in [2.45, 2.75) is 30.4 Å². The first kappa shape index (κ1) is 29.8. The van der Waals surface area contributed by atoms with E-state index in [4.69, 9.17) is 4.74 Å². The number of fused-ring (bicyclic) bond motifs is 1. The third-order valence-electron chi connectivity index (χ3n) is 6.61. The minimum atomic E-state index is -1.10. The largest absolute Gasteiger partial charge is 0.494 e. The van der Waals surface area contributed by atoms with Crippen LogP contribution in [0, 0.1) is 0 Å². The van der Waals surface area contributed by atoms with Gasteiger partial charge in [0, 0.05) is 32.5 Å². The van der Waals surface area contributed by atoms with Crippen LogP contribution < -0.4 is 15.4 Å². The summed E-state index contributed by atoms with van der Waals surface area (Å²) in [6.45, 7) is 4.48. The number of thiazole rings is 1. The van der Waals surface area contributed by atoms with Crippen LogP contribution in [0.1, 0.15) is 41.0 Å². The number of aromatic nitrogens is 1. The van der Waals surface area contributed by atoms with Gasteiger partial charge in [-0.25, -0.2) is 9.78 Å². The zero-order chi connectivity index (χ0) is 30.3. The fourth-order valence-electron chi connectivity index (χ4n) is 4.58. The topological polar surface area (TPSA) is 118 Å². The van der Waals surface area contributed by atoms with Crippen LogP contribution in [0.2, 0.25) is 0 Å². The molecule has 1 heterocycles. The van der Waals surface area contributed by atoms with Gasteiger partial charge in [-0.2, -0.15) is 0 Å². The van der Waals surface area contributed by atoms with Crippen molar-refractivity contribution in [2.24, 2.45) is 0 Å². The van der Waals surface area contributed by atoms with Crippen LogP contribution in [-0.2, 0) is 4.79 Å². The minimum Gasteiger partial charge on any atom is -0.494 e. The van der Waals surface area contributed by atoms with Gasteiger partial charge in [-0.15, -0.1) is 23.1 Å². The van der Waals surface area contributed by atoms with Crippen molar-refractivity contribution < 1.29 is 24.2 Å². The number of benzene rings is 4. The molecule has 2 amide bonds. The molecule has 0 saturated heterocycles. The van der Waals surface area contributed by atoms with Crippen LogP contribution in [-0.4, -0.2) is 39.7 Å². The third-order valence-corrected chi connectivity index (χ3v) is 8.72. The summed E-state index contributed by atoms with van der Waals surface area (Å²) in [5.74, 6) is -0.884. The molecule has 0 aliphatic carbocycles. The Morgan fingerprint density at radius 3 is 2.35 bits per heavy atom. The molecule has 1 atom stereocenters. The summed E-state index contributed by atoms with van der Waals surface area (Å²) in [6.07, 6.45) is 0.582. The first-order valence-electron chi connectivity index (χ1n) is 13.7. The molecule has 0 spiro atoms. The van der Waals surface area contributed by atoms with E-state index in [-0.39, 0.29) is 22.3 Å². The first-order valence-corrected chi connectivity index (χ1v) is 15.4. The average molecular weight is 612 g/mol. The second-order valence-corrected chi connectivity index (χ2v) is 11.6. The summed E-state index contributed by atoms with van der Waals surface area (Å²) in [6, 6.07) is 24.9. The number of carbonyl (C=O) groups excluding carboxylic acids is 2. The van der Waals surface area contributed by atoms with Gasteiger partial charge >= 0.3 is 5.97 Å². The SMILES string of the molecule is CCOc1ccc(-c2csc(NC(=O)C(CC)Sc3cccc(NC(=O)c4cccc5cccc(C(=O)O)c45)c3)n2)cc1. The van der Waals surface area contributed by atoms with E-state index in [2.05, 4.69) is 15.6 Å². The Morgan fingerprint density at radius 1 is 0.930 bits per heavy atom. The maximum atomic E-state index is 13.3. The van der Waals surface area contributed by atoms with Crippen molar-refractivity contribution in [3.63, 3.8) is 0 Å². The Balaban J connectivity index is 1.26. The summed E-state index contributed by atoms with van der Waals surface area (Å²) < 4.78 is 5.50. The first-order chi connectivity index (χ1) is 20.9. The Hall–Kier alpha value is -4.67. The molecule has 5 rings (SSSR count). The molecule has 0 radical (unpaired) electrons. The van der Waals surface area contributed by atoms with E-state index in [1.165, 1.54) is 29.2 Å². The Morgan fingerprint density at radius 2 is 1.65 bits per heavy atom. The molecule has 3 N–H and O–H groups in total. The number of nitrogens with one attached hydrogen (secondary N) is 2. The summed E-state index contributed by atoms with van der Waals surface area (Å²) in [5, 5.41) is 18.6. The second-order valence-electron chi connectivity index (χ2n) is 9.50. The van der Waals surface area contributed by atoms with Crippen molar-refractivity contribution in [3.8, 4) is 17.0 Å². The molecule has 1 aromatic heterocycles. The van der Waals surface area contributed by atoms with Crippen LogP contribution in [0.25, 0.3) is 22.0 Å². The zero-order valence-electron chi connectivity index (χ0n) is 23.5. The van der Waals surface area contributed by atoms with Crippen molar-refractivity contribution in [1.82, 2.24) is 4.98 Å². The lowest BCUT2D eigenvalue weighted by molar-refractivity contribution is -0.115. The van der Waals surface area contributed by atoms with Crippen molar-refractivity contribution in [2.75, 3.05) is 17.2 Å². The number of carboxylic acids is 1. The predicted octanol–water partition coefficient (Wildman–Crippen LogP) is 7.82. The molecular formula is C33H29N3O5S2. The second kappa shape index (κ2) is 13.5. The molecule has 0 saturated carbocycles. The lowest BCUT2D eigenvalue weighted by atomic mass is 9.98. The standard InChI is InChI=1S/C33H29N3O5S2/c1-3-28(31(38)36-33-35-27(19-42-33)20-14-16-23(17-15-20)41-4-2)43-24-11-7-10-22(18-24)34-30(37)25-12-5-8-21-9-6-13-26(29(21)25)32(39)40/h5-19,28H,3-4H2,1-2H3,(H,34,37)(H,39,40)(H,35,36,38). The highest BCUT2D eigenvalue weighted by atomic mass is 32.2. The lowest BCUT2D eigenvalue weighted by Crippen LogP contribution is -2.24. The summed E-state index contributed by atoms with van der Waals surface area (Å²) in [4.78, 5) is 43.6. The van der Waals surface area contributed by atoms with E-state index < -0.39 is 11.9 Å². The maximum absolute atomic E-state index is 13.3. The molecule has 0 fully saturated rings. The fourth-order valence-corrected chi connectivity index (χ4v) is 6.31. The van der Waals surface area contributed by atoms with E-state index >= 15 is 0 Å². The average Bonchev–Trinajstić information content (AvgIpc) is 3.48. The number of ether oxygens (including phenoxy) is 1. The van der Waals surface area contributed by atoms with Gasteiger partial charge in [0.1, 0.15) is 5.75 Å². The van der Waals surface area contributed by atoms with Crippen LogP contribution in [0.5, 0.6) is 5.75 Å². The van der Waals surface area contributed by atoms with Gasteiger partial charge in [0.25, 0.3) is 5.91 Å². The van der Waals surface area contributed by atoms with Crippen LogP contribution in [0.15, 0.2) is 95.2 Å². The zero-order valence-corrected chi connectivity index (χ0v) is 25.1. The van der Waals surface area contributed by atoms with Gasteiger partial charge in [-0.3, -0.25) is 9.59 Å². The van der Waals surface area contributed by atoms with E-state index in [0.29, 0.717) is 34.6 Å². The number of aromatic carboxylic acids is 1. The highest BCUT2D eigenvalue weighted by molar-refractivity contribution is 8.00. The molecule has 0 aliphatic heterocycles. The number of hydrogen-bond acceptors (Lipinski definition) is 7. The Labute approximate surface area is 257 Å². The number of nitrogens with zero attached hydrogens (tertiary/aromatic N) is 1. The van der Waals surface area contributed by atoms with Crippen LogP contribution in [0.4, 0.5) is 10.8 Å². The van der Waals surface area contributed by atoms with Crippen LogP contribution in [0.3, 0.4) is 0 Å². The molecule has 5 aromatic rings. The van der Waals surface area contributed by atoms with Crippen molar-refractivity contribution in [1.29, 1.82) is 0 Å². The molecule has 1 unspecified atom stereocenters. The molecule has 4 aromatic carbocycles. The maximum Gasteiger partial charge on any atom is 0.336 e. The molecule has 218 valence electrons. The molecule has 0 bridgehead atoms. The smallest absolute Gasteiger partial charge is 0.336 e. The number of rotatable bonds is 11. The molecule has 0 aliphatic rings. The number of carboxylic acid groups (broad SMARTS) is 1.